The third kappa shape index (κ3) is 4.11. The number of hydrogen-bond acceptors (Lipinski definition) is 4. The smallest absolute Gasteiger partial charge is 0.284 e. The van der Waals surface area contributed by atoms with Crippen LogP contribution in [-0.4, -0.2) is 43.6 Å². The van der Waals surface area contributed by atoms with E-state index in [4.69, 9.17) is 10.2 Å². The third-order valence-corrected chi connectivity index (χ3v) is 6.90. The molecule has 1 fully saturated rings. The van der Waals surface area contributed by atoms with Gasteiger partial charge < -0.3 is 20.5 Å². The molecule has 1 aliphatic rings. The van der Waals surface area contributed by atoms with Crippen molar-refractivity contribution in [3.05, 3.63) is 65.5 Å². The summed E-state index contributed by atoms with van der Waals surface area (Å²) in [5, 5.41) is 14.8. The van der Waals surface area contributed by atoms with Crippen LogP contribution in [0.3, 0.4) is 0 Å². The van der Waals surface area contributed by atoms with E-state index in [2.05, 4.69) is 34.7 Å². The molecular formula is C26H28N5O2+. The van der Waals surface area contributed by atoms with Crippen LogP contribution in [0, 0.1) is 11.3 Å². The van der Waals surface area contributed by atoms with Crippen molar-refractivity contribution in [2.24, 2.45) is 5.73 Å². The molecule has 5 rings (SSSR count). The topological polar surface area (TPSA) is 108 Å². The van der Waals surface area contributed by atoms with Crippen molar-refractivity contribution in [2.75, 3.05) is 32.7 Å². The number of piperazine rings is 1. The SMILES string of the molecule is N#Cc1ccc2[nH]cc(CCCC[N+]3(c4ccc5oc(C(N)=O)cc5c4)CCNCC3)c2c1. The number of furan rings is 1. The molecule has 0 radical (unpaired) electrons. The van der Waals surface area contributed by atoms with Crippen LogP contribution in [0.15, 0.2) is 53.1 Å². The van der Waals surface area contributed by atoms with Gasteiger partial charge in [-0.05, 0) is 55.2 Å². The highest BCUT2D eigenvalue weighted by Gasteiger charge is 2.32. The zero-order chi connectivity index (χ0) is 22.8. The number of nitrogens with zero attached hydrogens (tertiary/aromatic N) is 2. The summed E-state index contributed by atoms with van der Waals surface area (Å²) in [6.45, 7) is 5.08. The summed E-state index contributed by atoms with van der Waals surface area (Å²) in [7, 11) is 0. The van der Waals surface area contributed by atoms with E-state index in [1.807, 2.05) is 24.3 Å². The highest BCUT2D eigenvalue weighted by molar-refractivity contribution is 5.95. The van der Waals surface area contributed by atoms with Crippen molar-refractivity contribution >= 4 is 33.5 Å². The molecule has 7 nitrogen and oxygen atoms in total. The summed E-state index contributed by atoms with van der Waals surface area (Å²) in [6.07, 6.45) is 5.23. The molecule has 4 N–H and O–H groups in total. The summed E-state index contributed by atoms with van der Waals surface area (Å²) < 4.78 is 6.50. The Morgan fingerprint density at radius 1 is 1.12 bits per heavy atom. The van der Waals surface area contributed by atoms with E-state index in [1.54, 1.807) is 6.07 Å². The van der Waals surface area contributed by atoms with Crippen LogP contribution in [0.25, 0.3) is 21.9 Å². The molecular weight excluding hydrogens is 414 g/mol. The fourth-order valence-electron chi connectivity index (χ4n) is 5.07. The Morgan fingerprint density at radius 2 is 1.97 bits per heavy atom. The number of unbranched alkanes of at least 4 members (excludes halogenated alkanes) is 1. The molecule has 33 heavy (non-hydrogen) atoms. The Hall–Kier alpha value is -3.60. The Balaban J connectivity index is 1.32. The maximum absolute atomic E-state index is 11.5. The maximum atomic E-state index is 11.5. The van der Waals surface area contributed by atoms with Gasteiger partial charge in [0.15, 0.2) is 5.76 Å². The van der Waals surface area contributed by atoms with Crippen LogP contribution in [0.1, 0.15) is 34.5 Å². The molecule has 0 aliphatic carbocycles. The number of aromatic nitrogens is 1. The number of carbonyl (C=O) groups is 1. The monoisotopic (exact) mass is 442 g/mol. The second-order valence-corrected chi connectivity index (χ2v) is 8.91. The fraction of sp³-hybridized carbons (Fsp3) is 0.308. The van der Waals surface area contributed by atoms with Crippen molar-refractivity contribution in [3.8, 4) is 6.07 Å². The molecule has 0 bridgehead atoms. The molecule has 7 heteroatoms. The van der Waals surface area contributed by atoms with Gasteiger partial charge in [-0.25, -0.2) is 0 Å². The lowest BCUT2D eigenvalue weighted by atomic mass is 10.0. The first-order chi connectivity index (χ1) is 16.1. The van der Waals surface area contributed by atoms with Crippen LogP contribution in [0.5, 0.6) is 0 Å². The number of rotatable bonds is 7. The van der Waals surface area contributed by atoms with E-state index in [0.717, 1.165) is 72.8 Å². The molecule has 168 valence electrons. The van der Waals surface area contributed by atoms with Crippen molar-refractivity contribution < 1.29 is 9.21 Å². The summed E-state index contributed by atoms with van der Waals surface area (Å²) in [5.74, 6) is -0.342. The first-order valence-corrected chi connectivity index (χ1v) is 11.5. The highest BCUT2D eigenvalue weighted by Crippen LogP contribution is 2.31. The quantitative estimate of drug-likeness (QED) is 0.299. The number of nitriles is 1. The lowest BCUT2D eigenvalue weighted by molar-refractivity contribution is 0.0976. The molecule has 0 unspecified atom stereocenters. The molecule has 1 aliphatic heterocycles. The van der Waals surface area contributed by atoms with Crippen LogP contribution < -0.4 is 15.5 Å². The average molecular weight is 443 g/mol. The van der Waals surface area contributed by atoms with Gasteiger partial charge in [0, 0.05) is 47.7 Å². The van der Waals surface area contributed by atoms with Crippen molar-refractivity contribution in [2.45, 2.75) is 19.3 Å². The van der Waals surface area contributed by atoms with Gasteiger partial charge in [0.25, 0.3) is 5.91 Å². The van der Waals surface area contributed by atoms with Gasteiger partial charge in [-0.3, -0.25) is 9.28 Å². The number of aryl methyl sites for hydroxylation is 1. The van der Waals surface area contributed by atoms with Crippen LogP contribution in [0.2, 0.25) is 0 Å². The summed E-state index contributed by atoms with van der Waals surface area (Å²) in [6, 6.07) is 16.0. The number of aromatic amines is 1. The van der Waals surface area contributed by atoms with Crippen LogP contribution in [0.4, 0.5) is 5.69 Å². The first kappa shape index (κ1) is 21.3. The molecule has 2 aromatic carbocycles. The Labute approximate surface area is 192 Å². The molecule has 2 aromatic heterocycles. The average Bonchev–Trinajstić information content (AvgIpc) is 3.46. The number of carbonyl (C=O) groups excluding carboxylic acids is 1. The summed E-state index contributed by atoms with van der Waals surface area (Å²) in [4.78, 5) is 14.8. The maximum Gasteiger partial charge on any atom is 0.284 e. The lowest BCUT2D eigenvalue weighted by Crippen LogP contribution is -2.60. The van der Waals surface area contributed by atoms with E-state index >= 15 is 0 Å². The minimum absolute atomic E-state index is 0.201. The van der Waals surface area contributed by atoms with E-state index in [9.17, 15) is 10.1 Å². The second-order valence-electron chi connectivity index (χ2n) is 8.91. The number of nitrogens with two attached hydrogens (primary N) is 1. The summed E-state index contributed by atoms with van der Waals surface area (Å²) >= 11 is 0. The van der Waals surface area contributed by atoms with E-state index < -0.39 is 5.91 Å². The van der Waals surface area contributed by atoms with Gasteiger partial charge >= 0.3 is 0 Å². The third-order valence-electron chi connectivity index (χ3n) is 6.90. The van der Waals surface area contributed by atoms with Gasteiger partial charge in [-0.1, -0.05) is 0 Å². The largest absolute Gasteiger partial charge is 0.451 e. The zero-order valence-electron chi connectivity index (χ0n) is 18.6. The summed E-state index contributed by atoms with van der Waals surface area (Å²) in [5.41, 5.74) is 10.4. The standard InChI is InChI=1S/C26H27N5O2/c27-16-18-4-6-23-22(13-18)19(17-30-23)3-1-2-10-31(11-8-29-9-12-31)21-5-7-24-20(14-21)15-25(33-24)26(28)32/h4-7,13-15,17,29-30H,1-3,8-12H2,(H-,28,32)/p+1. The van der Waals surface area contributed by atoms with Crippen LogP contribution in [-0.2, 0) is 6.42 Å². The second kappa shape index (κ2) is 8.74. The van der Waals surface area contributed by atoms with Gasteiger partial charge in [0.1, 0.15) is 11.3 Å². The predicted molar refractivity (Wildman–Crippen MR) is 130 cm³/mol. The van der Waals surface area contributed by atoms with E-state index in [-0.39, 0.29) is 5.76 Å². The first-order valence-electron chi connectivity index (χ1n) is 11.5. The van der Waals surface area contributed by atoms with Gasteiger partial charge in [-0.2, -0.15) is 5.26 Å². The van der Waals surface area contributed by atoms with Crippen molar-refractivity contribution in [3.63, 3.8) is 0 Å². The predicted octanol–water partition coefficient (Wildman–Crippen LogP) is 3.82. The van der Waals surface area contributed by atoms with Crippen molar-refractivity contribution in [1.82, 2.24) is 14.8 Å². The fourth-order valence-corrected chi connectivity index (χ4v) is 5.07. The molecule has 0 spiro atoms. The Morgan fingerprint density at radius 3 is 2.76 bits per heavy atom. The van der Waals surface area contributed by atoms with Crippen LogP contribution >= 0.6 is 0 Å². The van der Waals surface area contributed by atoms with E-state index in [0.29, 0.717) is 11.1 Å². The van der Waals surface area contributed by atoms with Crippen molar-refractivity contribution in [1.29, 1.82) is 5.26 Å². The normalized spacial score (nSPS) is 15.6. The highest BCUT2D eigenvalue weighted by atomic mass is 16.3. The molecule has 4 aromatic rings. The molecule has 1 amide bonds. The van der Waals surface area contributed by atoms with Gasteiger partial charge in [0.2, 0.25) is 0 Å². The van der Waals surface area contributed by atoms with Gasteiger partial charge in [0.05, 0.1) is 31.3 Å². The number of H-pyrrole nitrogens is 1. The minimum Gasteiger partial charge on any atom is -0.451 e. The molecule has 3 heterocycles. The van der Waals surface area contributed by atoms with E-state index in [1.165, 1.54) is 11.3 Å². The van der Waals surface area contributed by atoms with Gasteiger partial charge in [-0.15, -0.1) is 0 Å². The number of benzene rings is 2. The number of nitrogens with one attached hydrogen (secondary N) is 2. The number of primary amides is 1. The number of quaternary nitrogens is 1. The molecule has 1 saturated heterocycles. The number of fused-ring (bicyclic) bond motifs is 2. The minimum atomic E-state index is -0.544. The number of amides is 1. The molecule has 0 saturated carbocycles. The lowest BCUT2D eigenvalue weighted by Gasteiger charge is -2.41. The Kier molecular flexibility index (Phi) is 5.63. The molecule has 0 atom stereocenters. The zero-order valence-corrected chi connectivity index (χ0v) is 18.6. The number of hydrogen-bond donors (Lipinski definition) is 3. The Bertz CT molecular complexity index is 1350.